The van der Waals surface area contributed by atoms with E-state index in [2.05, 4.69) is 55.3 Å². The zero-order valence-electron chi connectivity index (χ0n) is 17.1. The van der Waals surface area contributed by atoms with Crippen molar-refractivity contribution >= 4 is 11.7 Å². The summed E-state index contributed by atoms with van der Waals surface area (Å²) < 4.78 is 0. The molecule has 1 saturated heterocycles. The highest BCUT2D eigenvalue weighted by Crippen LogP contribution is 2.22. The zero-order valence-corrected chi connectivity index (χ0v) is 17.1. The predicted molar refractivity (Wildman–Crippen MR) is 114 cm³/mol. The summed E-state index contributed by atoms with van der Waals surface area (Å²) in [5.74, 6) is 0.271. The van der Waals surface area contributed by atoms with Gasteiger partial charge in [0.2, 0.25) is 0 Å². The van der Waals surface area contributed by atoms with E-state index in [1.165, 1.54) is 11.1 Å². The molecule has 5 heteroatoms. The van der Waals surface area contributed by atoms with Gasteiger partial charge in [-0.05, 0) is 35.1 Å². The zero-order chi connectivity index (χ0) is 20.1. The molecule has 0 unspecified atom stereocenters. The first-order valence-electron chi connectivity index (χ1n) is 9.99. The van der Waals surface area contributed by atoms with Crippen LogP contribution in [-0.4, -0.2) is 48.8 Å². The molecule has 0 spiro atoms. The number of carbonyl (C=O) groups is 1. The number of aromatic hydroxyl groups is 1. The van der Waals surface area contributed by atoms with Gasteiger partial charge in [-0.25, -0.2) is 4.79 Å². The summed E-state index contributed by atoms with van der Waals surface area (Å²) in [6.07, 6.45) is 0.833. The van der Waals surface area contributed by atoms with Gasteiger partial charge in [-0.2, -0.15) is 0 Å². The average molecular weight is 382 g/mol. The third-order valence-corrected chi connectivity index (χ3v) is 5.27. The lowest BCUT2D eigenvalue weighted by atomic mass is 9.86. The van der Waals surface area contributed by atoms with Crippen LogP contribution < -0.4 is 10.2 Å². The van der Waals surface area contributed by atoms with Gasteiger partial charge in [-0.15, -0.1) is 0 Å². The summed E-state index contributed by atoms with van der Waals surface area (Å²) in [6, 6.07) is 15.9. The number of hydrogen-bond donors (Lipinski definition) is 2. The first-order valence-corrected chi connectivity index (χ1v) is 9.99. The van der Waals surface area contributed by atoms with Gasteiger partial charge >= 0.3 is 6.03 Å². The number of hydrogen-bond acceptors (Lipinski definition) is 3. The lowest BCUT2D eigenvalue weighted by Gasteiger charge is -2.36. The maximum absolute atomic E-state index is 12.4. The summed E-state index contributed by atoms with van der Waals surface area (Å²) in [7, 11) is 0. The van der Waals surface area contributed by atoms with E-state index in [9.17, 15) is 9.90 Å². The molecule has 0 atom stereocenters. The highest BCUT2D eigenvalue weighted by atomic mass is 16.3. The molecular formula is C23H31N3O2. The summed E-state index contributed by atoms with van der Waals surface area (Å²) in [4.78, 5) is 16.5. The van der Waals surface area contributed by atoms with Gasteiger partial charge in [0.25, 0.3) is 0 Å². The second-order valence-corrected chi connectivity index (χ2v) is 8.42. The van der Waals surface area contributed by atoms with E-state index in [0.29, 0.717) is 19.6 Å². The first kappa shape index (κ1) is 20.1. The lowest BCUT2D eigenvalue weighted by molar-refractivity contribution is 0.194. The van der Waals surface area contributed by atoms with Crippen LogP contribution in [-0.2, 0) is 11.8 Å². The van der Waals surface area contributed by atoms with E-state index in [1.807, 2.05) is 17.0 Å². The largest absolute Gasteiger partial charge is 0.508 e. The number of phenols is 1. The smallest absolute Gasteiger partial charge is 0.317 e. The Hall–Kier alpha value is -2.69. The Bertz CT molecular complexity index is 788. The third-order valence-electron chi connectivity index (χ3n) is 5.27. The number of nitrogens with zero attached hydrogens (tertiary/aromatic N) is 2. The van der Waals surface area contributed by atoms with Crippen LogP contribution in [0.4, 0.5) is 10.5 Å². The quantitative estimate of drug-likeness (QED) is 0.848. The molecule has 0 saturated carbocycles. The molecule has 1 heterocycles. The molecule has 2 N–H and O–H groups in total. The highest BCUT2D eigenvalue weighted by Gasteiger charge is 2.21. The molecule has 0 bridgehead atoms. The van der Waals surface area contributed by atoms with Gasteiger partial charge in [0.15, 0.2) is 0 Å². The second kappa shape index (κ2) is 8.55. The molecule has 1 aliphatic rings. The minimum Gasteiger partial charge on any atom is -0.508 e. The van der Waals surface area contributed by atoms with E-state index < -0.39 is 0 Å². The molecule has 1 aliphatic heterocycles. The average Bonchev–Trinajstić information content (AvgIpc) is 2.68. The Morgan fingerprint density at radius 3 is 2.32 bits per heavy atom. The van der Waals surface area contributed by atoms with Crippen LogP contribution in [0.3, 0.4) is 0 Å². The minimum absolute atomic E-state index is 0.00173. The molecule has 150 valence electrons. The number of nitrogens with one attached hydrogen (secondary N) is 1. The fourth-order valence-corrected chi connectivity index (χ4v) is 3.45. The number of piperazine rings is 1. The maximum Gasteiger partial charge on any atom is 0.317 e. The fraction of sp³-hybridized carbons (Fsp3) is 0.435. The Morgan fingerprint density at radius 2 is 1.71 bits per heavy atom. The summed E-state index contributed by atoms with van der Waals surface area (Å²) >= 11 is 0. The molecule has 28 heavy (non-hydrogen) atoms. The normalized spacial score (nSPS) is 14.8. The number of amides is 2. The maximum atomic E-state index is 12.4. The van der Waals surface area contributed by atoms with Crippen molar-refractivity contribution in [1.82, 2.24) is 10.2 Å². The van der Waals surface area contributed by atoms with Crippen molar-refractivity contribution in [3.8, 4) is 5.75 Å². The van der Waals surface area contributed by atoms with Crippen LogP contribution in [0.25, 0.3) is 0 Å². The van der Waals surface area contributed by atoms with Gasteiger partial charge in [-0.1, -0.05) is 51.1 Å². The molecule has 5 nitrogen and oxygen atoms in total. The van der Waals surface area contributed by atoms with Crippen molar-refractivity contribution in [2.45, 2.75) is 32.6 Å². The third kappa shape index (κ3) is 5.18. The SMILES string of the molecule is CC(C)(C)c1ccc(CCNC(=O)N2CCN(c3cccc(O)c3)CC2)cc1. The van der Waals surface area contributed by atoms with Crippen LogP contribution in [0.2, 0.25) is 0 Å². The van der Waals surface area contributed by atoms with Crippen molar-refractivity contribution in [3.63, 3.8) is 0 Å². The fourth-order valence-electron chi connectivity index (χ4n) is 3.45. The molecule has 2 aromatic rings. The number of anilines is 1. The predicted octanol–water partition coefficient (Wildman–Crippen LogP) is 3.76. The van der Waals surface area contributed by atoms with Crippen LogP contribution >= 0.6 is 0 Å². The van der Waals surface area contributed by atoms with E-state index in [-0.39, 0.29) is 17.2 Å². The first-order chi connectivity index (χ1) is 13.3. The van der Waals surface area contributed by atoms with E-state index >= 15 is 0 Å². The van der Waals surface area contributed by atoms with Gasteiger partial charge in [0.1, 0.15) is 5.75 Å². The Labute approximate surface area is 168 Å². The van der Waals surface area contributed by atoms with E-state index in [1.54, 1.807) is 12.1 Å². The van der Waals surface area contributed by atoms with E-state index in [0.717, 1.165) is 25.2 Å². The minimum atomic E-state index is 0.00173. The number of urea groups is 1. The van der Waals surface area contributed by atoms with Gasteiger partial charge in [0.05, 0.1) is 0 Å². The van der Waals surface area contributed by atoms with Crippen molar-refractivity contribution in [2.24, 2.45) is 0 Å². The molecule has 0 aromatic heterocycles. The molecule has 1 fully saturated rings. The molecule has 2 aromatic carbocycles. The van der Waals surface area contributed by atoms with Gasteiger partial charge in [-0.3, -0.25) is 0 Å². The van der Waals surface area contributed by atoms with Crippen molar-refractivity contribution in [3.05, 3.63) is 59.7 Å². The van der Waals surface area contributed by atoms with Gasteiger partial charge in [0, 0.05) is 44.5 Å². The number of phenolic OH excluding ortho intramolecular Hbond substituents is 1. The van der Waals surface area contributed by atoms with Gasteiger partial charge < -0.3 is 20.2 Å². The summed E-state index contributed by atoms with van der Waals surface area (Å²) in [5, 5.41) is 12.7. The van der Waals surface area contributed by atoms with Crippen molar-refractivity contribution < 1.29 is 9.90 Å². The van der Waals surface area contributed by atoms with Crippen molar-refractivity contribution in [2.75, 3.05) is 37.6 Å². The van der Waals surface area contributed by atoms with Crippen molar-refractivity contribution in [1.29, 1.82) is 0 Å². The monoisotopic (exact) mass is 381 g/mol. The standard InChI is InChI=1S/C23H31N3O2/c1-23(2,3)19-9-7-18(8-10-19)11-12-24-22(28)26-15-13-25(14-16-26)20-5-4-6-21(27)17-20/h4-10,17,27H,11-16H2,1-3H3,(H,24,28). The lowest BCUT2D eigenvalue weighted by Crippen LogP contribution is -2.52. The molecule has 0 aliphatic carbocycles. The highest BCUT2D eigenvalue weighted by molar-refractivity contribution is 5.74. The van der Waals surface area contributed by atoms with E-state index in [4.69, 9.17) is 0 Å². The Morgan fingerprint density at radius 1 is 1.04 bits per heavy atom. The van der Waals surface area contributed by atoms with Crippen LogP contribution in [0.1, 0.15) is 31.9 Å². The molecule has 3 rings (SSSR count). The molecule has 2 amide bonds. The Balaban J connectivity index is 1.42. The summed E-state index contributed by atoms with van der Waals surface area (Å²) in [5.41, 5.74) is 3.72. The number of rotatable bonds is 4. The molecule has 0 radical (unpaired) electrons. The second-order valence-electron chi connectivity index (χ2n) is 8.42. The van der Waals surface area contributed by atoms with Crippen LogP contribution in [0, 0.1) is 0 Å². The number of carbonyl (C=O) groups excluding carboxylic acids is 1. The summed E-state index contributed by atoms with van der Waals surface area (Å²) in [6.45, 7) is 10.2. The topological polar surface area (TPSA) is 55.8 Å². The van der Waals surface area contributed by atoms with Crippen LogP contribution in [0.15, 0.2) is 48.5 Å². The Kier molecular flexibility index (Phi) is 6.12. The molecular weight excluding hydrogens is 350 g/mol. The van der Waals surface area contributed by atoms with Crippen LogP contribution in [0.5, 0.6) is 5.75 Å². The number of benzene rings is 2.